The molecular weight excluding hydrogens is 432 g/mol. The van der Waals surface area contributed by atoms with E-state index in [4.69, 9.17) is 4.74 Å². The van der Waals surface area contributed by atoms with Crippen molar-refractivity contribution < 1.29 is 24.2 Å². The Morgan fingerprint density at radius 3 is 2.09 bits per heavy atom. The Kier molecular flexibility index (Phi) is 6.39. The van der Waals surface area contributed by atoms with Crippen LogP contribution in [0, 0.1) is 10.8 Å². The molecule has 1 unspecified atom stereocenters. The summed E-state index contributed by atoms with van der Waals surface area (Å²) in [7, 11) is 0. The van der Waals surface area contributed by atoms with Crippen LogP contribution in [-0.4, -0.2) is 42.3 Å². The first-order valence-corrected chi connectivity index (χ1v) is 11.7. The molecule has 1 atom stereocenters. The number of hydrogen-bond donors (Lipinski definition) is 3. The molecule has 2 aliphatic rings. The summed E-state index contributed by atoms with van der Waals surface area (Å²) in [6.07, 6.45) is 0.630. The van der Waals surface area contributed by atoms with Crippen LogP contribution in [0.15, 0.2) is 48.5 Å². The van der Waals surface area contributed by atoms with Crippen LogP contribution in [0.4, 0.5) is 4.79 Å². The summed E-state index contributed by atoms with van der Waals surface area (Å²) in [6, 6.07) is 14.8. The van der Waals surface area contributed by atoms with Gasteiger partial charge in [0.2, 0.25) is 5.91 Å². The average molecular weight is 465 g/mol. The number of fused-ring (bicyclic) bond motifs is 3. The van der Waals surface area contributed by atoms with E-state index in [1.807, 2.05) is 48.5 Å². The Bertz CT molecular complexity index is 1060. The summed E-state index contributed by atoms with van der Waals surface area (Å²) in [5.41, 5.74) is 4.61. The number of ether oxygens (including phenoxy) is 1. The zero-order chi connectivity index (χ0) is 24.5. The number of carbonyl (C=O) groups excluding carboxylic acids is 2. The number of rotatable bonds is 8. The number of benzene rings is 2. The van der Waals surface area contributed by atoms with Crippen molar-refractivity contribution in [2.75, 3.05) is 13.2 Å². The third-order valence-corrected chi connectivity index (χ3v) is 6.83. The van der Waals surface area contributed by atoms with E-state index >= 15 is 0 Å². The van der Waals surface area contributed by atoms with Gasteiger partial charge < -0.3 is 20.5 Å². The molecule has 7 nitrogen and oxygen atoms in total. The lowest BCUT2D eigenvalue weighted by Gasteiger charge is -2.51. The van der Waals surface area contributed by atoms with Crippen LogP contribution in [-0.2, 0) is 14.3 Å². The van der Waals surface area contributed by atoms with Crippen LogP contribution < -0.4 is 10.6 Å². The van der Waals surface area contributed by atoms with Gasteiger partial charge in [0.1, 0.15) is 12.6 Å². The molecule has 2 aromatic rings. The van der Waals surface area contributed by atoms with Crippen LogP contribution in [0.1, 0.15) is 57.1 Å². The molecule has 0 aliphatic heterocycles. The highest BCUT2D eigenvalue weighted by Gasteiger charge is 2.45. The number of nitrogens with one attached hydrogen (secondary N) is 2. The molecule has 1 fully saturated rings. The van der Waals surface area contributed by atoms with Crippen molar-refractivity contribution in [1.82, 2.24) is 10.6 Å². The third-order valence-electron chi connectivity index (χ3n) is 6.83. The molecule has 7 heteroatoms. The van der Waals surface area contributed by atoms with Gasteiger partial charge in [0.05, 0.1) is 6.42 Å². The van der Waals surface area contributed by atoms with Gasteiger partial charge >= 0.3 is 12.1 Å². The molecule has 1 saturated carbocycles. The topological polar surface area (TPSA) is 105 Å². The van der Waals surface area contributed by atoms with Gasteiger partial charge in [0.25, 0.3) is 0 Å². The van der Waals surface area contributed by atoms with Gasteiger partial charge in [0, 0.05) is 12.5 Å². The van der Waals surface area contributed by atoms with Crippen molar-refractivity contribution in [3.8, 4) is 11.1 Å². The number of carboxylic acid groups (broad SMARTS) is 1. The molecule has 0 aromatic heterocycles. The number of carbonyl (C=O) groups is 3. The summed E-state index contributed by atoms with van der Waals surface area (Å²) < 4.78 is 5.48. The fraction of sp³-hybridized carbons (Fsp3) is 0.444. The number of alkyl carbamates (subject to hydrolysis) is 1. The molecule has 4 rings (SSSR count). The predicted molar refractivity (Wildman–Crippen MR) is 128 cm³/mol. The molecular formula is C27H32N2O5. The predicted octanol–water partition coefficient (Wildman–Crippen LogP) is 4.31. The average Bonchev–Trinajstić information content (AvgIpc) is 3.08. The number of aliphatic carboxylic acids is 1. The minimum Gasteiger partial charge on any atom is -0.481 e. The first-order chi connectivity index (χ1) is 16.1. The second-order valence-corrected chi connectivity index (χ2v) is 10.7. The smallest absolute Gasteiger partial charge is 0.407 e. The second kappa shape index (κ2) is 9.12. The minimum absolute atomic E-state index is 0.0172. The Labute approximate surface area is 199 Å². The zero-order valence-corrected chi connectivity index (χ0v) is 19.9. The lowest BCUT2D eigenvalue weighted by molar-refractivity contribution is -0.140. The summed E-state index contributed by atoms with van der Waals surface area (Å²) in [4.78, 5) is 36.6. The minimum atomic E-state index is -1.20. The monoisotopic (exact) mass is 464 g/mol. The van der Waals surface area contributed by atoms with Crippen LogP contribution >= 0.6 is 0 Å². The van der Waals surface area contributed by atoms with E-state index < -0.39 is 30.4 Å². The quantitative estimate of drug-likeness (QED) is 0.540. The first kappa shape index (κ1) is 23.8. The Morgan fingerprint density at radius 1 is 1.00 bits per heavy atom. The highest BCUT2D eigenvalue weighted by molar-refractivity contribution is 5.89. The van der Waals surface area contributed by atoms with E-state index in [1.165, 1.54) is 0 Å². The third kappa shape index (κ3) is 5.08. The Morgan fingerprint density at radius 2 is 1.56 bits per heavy atom. The molecule has 3 N–H and O–H groups in total. The number of hydrogen-bond acceptors (Lipinski definition) is 4. The van der Waals surface area contributed by atoms with Crippen molar-refractivity contribution in [3.63, 3.8) is 0 Å². The summed E-state index contributed by atoms with van der Waals surface area (Å²) in [5, 5.41) is 14.5. The van der Waals surface area contributed by atoms with Gasteiger partial charge in [0.15, 0.2) is 0 Å². The Balaban J connectivity index is 1.36. The lowest BCUT2D eigenvalue weighted by atomic mass is 9.55. The largest absolute Gasteiger partial charge is 0.481 e. The van der Waals surface area contributed by atoms with E-state index in [0.717, 1.165) is 35.1 Å². The first-order valence-electron chi connectivity index (χ1n) is 11.7. The molecule has 2 aromatic carbocycles. The summed E-state index contributed by atoms with van der Waals surface area (Å²) in [5.74, 6) is -1.80. The molecule has 34 heavy (non-hydrogen) atoms. The highest BCUT2D eigenvalue weighted by atomic mass is 16.5. The standard InChI is InChI=1S/C27H32N2O5/c1-26(2)14-27(3,15-26)16-28-24(32)22(12-23(30)31)29-25(33)34-13-21-19-10-6-4-8-17(19)18-9-5-7-11-20(18)21/h4-11,21-22H,12-16H2,1-3H3,(H,28,32)(H,29,33)(H,30,31). The van der Waals surface area contributed by atoms with Gasteiger partial charge in [-0.2, -0.15) is 0 Å². The van der Waals surface area contributed by atoms with E-state index in [1.54, 1.807) is 0 Å². The van der Waals surface area contributed by atoms with E-state index in [9.17, 15) is 19.5 Å². The highest BCUT2D eigenvalue weighted by Crippen LogP contribution is 2.53. The van der Waals surface area contributed by atoms with Gasteiger partial charge in [-0.25, -0.2) is 4.79 Å². The Hall–Kier alpha value is -3.35. The zero-order valence-electron chi connectivity index (χ0n) is 19.9. The van der Waals surface area contributed by atoms with Gasteiger partial charge in [-0.1, -0.05) is 69.3 Å². The van der Waals surface area contributed by atoms with Crippen LogP contribution in [0.2, 0.25) is 0 Å². The lowest BCUT2D eigenvalue weighted by Crippen LogP contribution is -2.53. The van der Waals surface area contributed by atoms with Crippen molar-refractivity contribution in [2.45, 2.75) is 52.0 Å². The van der Waals surface area contributed by atoms with Crippen molar-refractivity contribution >= 4 is 18.0 Å². The molecule has 0 bridgehead atoms. The fourth-order valence-electron chi connectivity index (χ4n) is 5.97. The fourth-order valence-corrected chi connectivity index (χ4v) is 5.97. The summed E-state index contributed by atoms with van der Waals surface area (Å²) in [6.45, 7) is 7.00. The van der Waals surface area contributed by atoms with E-state index in [2.05, 4.69) is 31.4 Å². The molecule has 0 radical (unpaired) electrons. The van der Waals surface area contributed by atoms with Crippen LogP contribution in [0.5, 0.6) is 0 Å². The van der Waals surface area contributed by atoms with Gasteiger partial charge in [-0.15, -0.1) is 0 Å². The molecule has 0 spiro atoms. The molecule has 0 heterocycles. The second-order valence-electron chi connectivity index (χ2n) is 10.7. The van der Waals surface area contributed by atoms with E-state index in [0.29, 0.717) is 6.54 Å². The number of amides is 2. The van der Waals surface area contributed by atoms with Crippen molar-refractivity contribution in [2.24, 2.45) is 10.8 Å². The van der Waals surface area contributed by atoms with Crippen molar-refractivity contribution in [3.05, 3.63) is 59.7 Å². The molecule has 2 amide bonds. The normalized spacial score (nSPS) is 18.1. The van der Waals surface area contributed by atoms with Crippen LogP contribution in [0.3, 0.4) is 0 Å². The molecule has 0 saturated heterocycles. The summed E-state index contributed by atoms with van der Waals surface area (Å²) >= 11 is 0. The molecule has 180 valence electrons. The van der Waals surface area contributed by atoms with Gasteiger partial charge in [-0.05, 0) is 45.9 Å². The van der Waals surface area contributed by atoms with Crippen molar-refractivity contribution in [1.29, 1.82) is 0 Å². The molecule has 2 aliphatic carbocycles. The number of carboxylic acids is 1. The van der Waals surface area contributed by atoms with Gasteiger partial charge in [-0.3, -0.25) is 9.59 Å². The van der Waals surface area contributed by atoms with Crippen LogP contribution in [0.25, 0.3) is 11.1 Å². The maximum atomic E-state index is 12.7. The maximum Gasteiger partial charge on any atom is 0.407 e. The maximum absolute atomic E-state index is 12.7. The van der Waals surface area contributed by atoms with E-state index in [-0.39, 0.29) is 23.4 Å². The SMILES string of the molecule is CC1(C)CC(C)(CNC(=O)C(CC(=O)O)NC(=O)OCC2c3ccccc3-c3ccccc32)C1.